The van der Waals surface area contributed by atoms with Crippen molar-refractivity contribution >= 4 is 23.3 Å². The number of carbonyl (C=O) groups is 1. The third-order valence-electron chi connectivity index (χ3n) is 1.18. The molecular weight excluding hydrogens is 176 g/mol. The van der Waals surface area contributed by atoms with Crippen molar-refractivity contribution in [1.29, 1.82) is 0 Å². The number of aromatic nitrogens is 1. The molecule has 0 atom stereocenters. The Balaban J connectivity index is 3.05. The largest absolute Gasteiger partial charge is 0.328 e. The average molecular weight is 180 g/mol. The molecule has 0 aliphatic heterocycles. The van der Waals surface area contributed by atoms with Crippen LogP contribution in [0.4, 0.5) is 0 Å². The quantitative estimate of drug-likeness (QED) is 0.509. The van der Waals surface area contributed by atoms with Gasteiger partial charge in [0.25, 0.3) is 5.91 Å². The van der Waals surface area contributed by atoms with Gasteiger partial charge in [-0.05, 0) is 18.3 Å². The second-order valence-electron chi connectivity index (χ2n) is 1.95. The zero-order valence-electron chi connectivity index (χ0n) is 5.90. The van der Waals surface area contributed by atoms with Crippen LogP contribution in [0, 0.1) is 0 Å². The van der Waals surface area contributed by atoms with E-state index in [2.05, 4.69) is 22.2 Å². The number of aromatic amines is 1. The Morgan fingerprint density at radius 1 is 1.58 bits per heavy atom. The fourth-order valence-electron chi connectivity index (χ4n) is 0.650. The van der Waals surface area contributed by atoms with Gasteiger partial charge < -0.3 is 4.98 Å². The zero-order chi connectivity index (χ0) is 8.97. The summed E-state index contributed by atoms with van der Waals surface area (Å²) < 4.78 is 0. The highest BCUT2D eigenvalue weighted by atomic mass is 32.1. The molecule has 0 saturated carbocycles. The number of nitrogens with zero attached hydrogens (tertiary/aromatic N) is 1. The summed E-state index contributed by atoms with van der Waals surface area (Å²) in [7, 11) is 0. The van der Waals surface area contributed by atoms with E-state index >= 15 is 0 Å². The van der Waals surface area contributed by atoms with Gasteiger partial charge in [0.05, 0.1) is 10.7 Å². The van der Waals surface area contributed by atoms with E-state index in [1.54, 1.807) is 0 Å². The lowest BCUT2D eigenvalue weighted by Crippen LogP contribution is -2.05. The van der Waals surface area contributed by atoms with Crippen LogP contribution in [-0.2, 0) is 0 Å². The van der Waals surface area contributed by atoms with Gasteiger partial charge in [-0.2, -0.15) is 4.99 Å². The smallest absolute Gasteiger partial charge is 0.287 e. The molecule has 1 amide bonds. The molecule has 0 radical (unpaired) electrons. The minimum atomic E-state index is -0.513. The minimum Gasteiger partial charge on any atom is -0.328 e. The Labute approximate surface area is 73.0 Å². The number of hydrogen-bond acceptors (Lipinski definition) is 3. The molecule has 1 N–H and O–H groups in total. The first-order valence-corrected chi connectivity index (χ1v) is 3.46. The van der Waals surface area contributed by atoms with E-state index in [9.17, 15) is 9.59 Å². The Hall–Kier alpha value is -1.58. The monoisotopic (exact) mass is 180 g/mol. The van der Waals surface area contributed by atoms with Gasteiger partial charge in [0.15, 0.2) is 0 Å². The molecule has 1 heterocycles. The summed E-state index contributed by atoms with van der Waals surface area (Å²) >= 11 is 4.24. The van der Waals surface area contributed by atoms with Gasteiger partial charge in [-0.15, -0.1) is 0 Å². The molecule has 0 unspecified atom stereocenters. The molecule has 1 rings (SSSR count). The molecular formula is C7H4N2O2S. The van der Waals surface area contributed by atoms with Crippen LogP contribution in [0.1, 0.15) is 10.4 Å². The molecule has 0 saturated heterocycles. The van der Waals surface area contributed by atoms with Gasteiger partial charge in [-0.3, -0.25) is 9.59 Å². The summed E-state index contributed by atoms with van der Waals surface area (Å²) in [6, 6.07) is 2.61. The minimum absolute atomic E-state index is 0.266. The topological polar surface area (TPSA) is 62.3 Å². The highest BCUT2D eigenvalue weighted by molar-refractivity contribution is 7.78. The highest BCUT2D eigenvalue weighted by Crippen LogP contribution is 1.94. The van der Waals surface area contributed by atoms with Gasteiger partial charge in [-0.1, -0.05) is 0 Å². The third-order valence-corrected chi connectivity index (χ3v) is 1.27. The lowest BCUT2D eigenvalue weighted by molar-refractivity contribution is 0.100. The summed E-state index contributed by atoms with van der Waals surface area (Å²) in [5.74, 6) is -0.513. The fraction of sp³-hybridized carbons (Fsp3) is 0. The fourth-order valence-corrected chi connectivity index (χ4v) is 0.733. The standard InChI is InChI=1S/C7H4N2O2S/c10-6-2-1-5(3-8-6)7(11)9-4-12/h1-3H,(H,8,10). The first kappa shape index (κ1) is 8.52. The number of pyridine rings is 1. The first-order chi connectivity index (χ1) is 5.74. The zero-order valence-corrected chi connectivity index (χ0v) is 6.72. The van der Waals surface area contributed by atoms with Crippen molar-refractivity contribution in [2.24, 2.45) is 4.99 Å². The van der Waals surface area contributed by atoms with Crippen LogP contribution in [0.15, 0.2) is 28.1 Å². The Kier molecular flexibility index (Phi) is 2.63. The molecule has 12 heavy (non-hydrogen) atoms. The molecule has 0 aliphatic rings. The van der Waals surface area contributed by atoms with Crippen LogP contribution in [-0.4, -0.2) is 16.1 Å². The number of hydrogen-bond donors (Lipinski definition) is 1. The van der Waals surface area contributed by atoms with Crippen LogP contribution >= 0.6 is 12.2 Å². The van der Waals surface area contributed by atoms with Crippen molar-refractivity contribution < 1.29 is 4.79 Å². The lowest BCUT2D eigenvalue weighted by Gasteiger charge is -1.89. The predicted molar refractivity (Wildman–Crippen MR) is 46.4 cm³/mol. The SMILES string of the molecule is O=C(N=C=S)c1ccc(=O)[nH]c1. The molecule has 60 valence electrons. The van der Waals surface area contributed by atoms with Gasteiger partial charge in [0, 0.05) is 12.3 Å². The van der Waals surface area contributed by atoms with E-state index in [4.69, 9.17) is 0 Å². The van der Waals surface area contributed by atoms with Crippen molar-refractivity contribution in [3.63, 3.8) is 0 Å². The Bertz CT molecular complexity index is 384. The normalized spacial score (nSPS) is 8.67. The maximum Gasteiger partial charge on any atom is 0.287 e. The maximum atomic E-state index is 10.9. The average Bonchev–Trinajstić information content (AvgIpc) is 2.06. The molecule has 1 aromatic heterocycles. The van der Waals surface area contributed by atoms with Gasteiger partial charge in [0.2, 0.25) is 5.56 Å². The maximum absolute atomic E-state index is 10.9. The summed E-state index contributed by atoms with van der Waals surface area (Å²) in [5.41, 5.74) is 0.0184. The summed E-state index contributed by atoms with van der Waals surface area (Å²) in [5, 5.41) is 1.95. The van der Waals surface area contributed by atoms with Gasteiger partial charge >= 0.3 is 0 Å². The third kappa shape index (κ3) is 1.95. The van der Waals surface area contributed by atoms with E-state index in [1.165, 1.54) is 18.3 Å². The summed E-state index contributed by atoms with van der Waals surface area (Å²) in [6.07, 6.45) is 1.28. The molecule has 0 spiro atoms. The number of isothiocyanates is 1. The molecule has 0 bridgehead atoms. The number of nitrogens with one attached hydrogen (secondary N) is 1. The van der Waals surface area contributed by atoms with Crippen molar-refractivity contribution in [3.05, 3.63) is 34.2 Å². The summed E-state index contributed by atoms with van der Waals surface area (Å²) in [4.78, 5) is 27.1. The van der Waals surface area contributed by atoms with E-state index in [1.807, 2.05) is 5.16 Å². The predicted octanol–water partition coefficient (Wildman–Crippen LogP) is 0.618. The first-order valence-electron chi connectivity index (χ1n) is 3.05. The number of thiocarbonyl (C=S) groups is 1. The highest BCUT2D eigenvalue weighted by Gasteiger charge is 2.01. The molecule has 0 fully saturated rings. The van der Waals surface area contributed by atoms with Gasteiger partial charge in [-0.25, -0.2) is 0 Å². The molecule has 0 aromatic carbocycles. The van der Waals surface area contributed by atoms with Crippen LogP contribution in [0.3, 0.4) is 0 Å². The van der Waals surface area contributed by atoms with Crippen molar-refractivity contribution in [3.8, 4) is 0 Å². The molecule has 4 nitrogen and oxygen atoms in total. The Morgan fingerprint density at radius 3 is 2.83 bits per heavy atom. The van der Waals surface area contributed by atoms with Crippen molar-refractivity contribution in [2.75, 3.05) is 0 Å². The van der Waals surface area contributed by atoms with Crippen molar-refractivity contribution in [2.45, 2.75) is 0 Å². The number of carbonyl (C=O) groups excluding carboxylic acids is 1. The molecule has 1 aromatic rings. The Morgan fingerprint density at radius 2 is 2.33 bits per heavy atom. The second kappa shape index (κ2) is 3.71. The van der Waals surface area contributed by atoms with E-state index in [0.717, 1.165) is 0 Å². The summed E-state index contributed by atoms with van der Waals surface area (Å²) in [6.45, 7) is 0. The van der Waals surface area contributed by atoms with Crippen molar-refractivity contribution in [1.82, 2.24) is 4.98 Å². The van der Waals surface area contributed by atoms with E-state index < -0.39 is 5.91 Å². The molecule has 5 heteroatoms. The number of aliphatic imine (C=N–C) groups is 1. The number of amides is 1. The van der Waals surface area contributed by atoms with Crippen LogP contribution in [0.5, 0.6) is 0 Å². The van der Waals surface area contributed by atoms with E-state index in [-0.39, 0.29) is 11.1 Å². The number of H-pyrrole nitrogens is 1. The molecule has 0 aliphatic carbocycles. The van der Waals surface area contributed by atoms with E-state index in [0.29, 0.717) is 0 Å². The second-order valence-corrected chi connectivity index (χ2v) is 2.13. The van der Waals surface area contributed by atoms with Gasteiger partial charge in [0.1, 0.15) is 0 Å². The van der Waals surface area contributed by atoms with Crippen LogP contribution < -0.4 is 5.56 Å². The van der Waals surface area contributed by atoms with Crippen LogP contribution in [0.25, 0.3) is 0 Å². The lowest BCUT2D eigenvalue weighted by atomic mass is 10.3. The number of rotatable bonds is 1. The van der Waals surface area contributed by atoms with Crippen LogP contribution in [0.2, 0.25) is 0 Å².